The van der Waals surface area contributed by atoms with E-state index in [0.717, 1.165) is 5.56 Å². The number of aliphatic hydroxyl groups excluding tert-OH is 1. The third-order valence-corrected chi connectivity index (χ3v) is 2.18. The molecule has 0 saturated heterocycles. The predicted octanol–water partition coefficient (Wildman–Crippen LogP) is 1.66. The second-order valence-corrected chi connectivity index (χ2v) is 3.47. The van der Waals surface area contributed by atoms with Crippen molar-refractivity contribution in [1.29, 1.82) is 0 Å². The summed E-state index contributed by atoms with van der Waals surface area (Å²) < 4.78 is 36.0. The highest BCUT2D eigenvalue weighted by atomic mass is 19.4. The molecule has 1 heterocycles. The van der Waals surface area contributed by atoms with Crippen LogP contribution in [0.4, 0.5) is 13.2 Å². The number of nitrogens with one attached hydrogen (secondary N) is 1. The molecule has 0 aromatic carbocycles. The third-order valence-electron chi connectivity index (χ3n) is 2.18. The summed E-state index contributed by atoms with van der Waals surface area (Å²) in [6.45, 7) is 1.18. The molecule has 1 unspecified atom stereocenters. The summed E-state index contributed by atoms with van der Waals surface area (Å²) in [5, 5.41) is 11.4. The zero-order valence-corrected chi connectivity index (χ0v) is 8.70. The van der Waals surface area contributed by atoms with Crippen molar-refractivity contribution >= 4 is 0 Å². The standard InChI is InChI=1S/C10H13F3N2O/c1-7(8-3-2-4-14-5-8)15-6-9(16)10(11,12)13/h2-5,7,9,15-16H,6H2,1H3/t7-,9?/m0/s1. The Morgan fingerprint density at radius 1 is 1.50 bits per heavy atom. The highest BCUT2D eigenvalue weighted by Crippen LogP contribution is 2.20. The van der Waals surface area contributed by atoms with E-state index in [2.05, 4.69) is 10.3 Å². The highest BCUT2D eigenvalue weighted by molar-refractivity contribution is 5.12. The van der Waals surface area contributed by atoms with Crippen LogP contribution in [0.1, 0.15) is 18.5 Å². The first-order valence-corrected chi connectivity index (χ1v) is 4.79. The molecule has 0 amide bonds. The zero-order chi connectivity index (χ0) is 12.2. The Labute approximate surface area is 91.3 Å². The number of halogens is 3. The molecule has 0 fully saturated rings. The van der Waals surface area contributed by atoms with Crippen LogP contribution < -0.4 is 5.32 Å². The summed E-state index contributed by atoms with van der Waals surface area (Å²) >= 11 is 0. The molecule has 0 aliphatic carbocycles. The monoisotopic (exact) mass is 234 g/mol. The quantitative estimate of drug-likeness (QED) is 0.832. The van der Waals surface area contributed by atoms with Gasteiger partial charge in [0, 0.05) is 25.0 Å². The molecule has 6 heteroatoms. The number of hydrogen-bond donors (Lipinski definition) is 2. The van der Waals surface area contributed by atoms with Gasteiger partial charge in [0.1, 0.15) is 0 Å². The van der Waals surface area contributed by atoms with Crippen LogP contribution >= 0.6 is 0 Å². The van der Waals surface area contributed by atoms with Gasteiger partial charge in [-0.25, -0.2) is 0 Å². The summed E-state index contributed by atoms with van der Waals surface area (Å²) in [7, 11) is 0. The normalized spacial score (nSPS) is 15.8. The molecular weight excluding hydrogens is 221 g/mol. The second kappa shape index (κ2) is 5.27. The van der Waals surface area contributed by atoms with Crippen molar-refractivity contribution in [3.63, 3.8) is 0 Å². The summed E-state index contributed by atoms with van der Waals surface area (Å²) in [6.07, 6.45) is -3.77. The highest BCUT2D eigenvalue weighted by Gasteiger charge is 2.37. The first kappa shape index (κ1) is 12.9. The van der Waals surface area contributed by atoms with Crippen molar-refractivity contribution < 1.29 is 18.3 Å². The van der Waals surface area contributed by atoms with E-state index in [0.29, 0.717) is 0 Å². The van der Waals surface area contributed by atoms with Gasteiger partial charge < -0.3 is 10.4 Å². The average molecular weight is 234 g/mol. The van der Waals surface area contributed by atoms with E-state index in [-0.39, 0.29) is 6.04 Å². The predicted molar refractivity (Wildman–Crippen MR) is 52.7 cm³/mol. The number of pyridine rings is 1. The van der Waals surface area contributed by atoms with Crippen LogP contribution in [-0.4, -0.2) is 28.9 Å². The van der Waals surface area contributed by atoms with Crippen LogP contribution in [0.2, 0.25) is 0 Å². The molecule has 0 aliphatic heterocycles. The van der Waals surface area contributed by atoms with Crippen LogP contribution in [0.3, 0.4) is 0 Å². The molecule has 2 atom stereocenters. The van der Waals surface area contributed by atoms with Gasteiger partial charge >= 0.3 is 6.18 Å². The van der Waals surface area contributed by atoms with E-state index in [1.807, 2.05) is 0 Å². The van der Waals surface area contributed by atoms with Gasteiger partial charge in [-0.3, -0.25) is 4.98 Å². The van der Waals surface area contributed by atoms with Crippen LogP contribution in [0, 0.1) is 0 Å². The minimum Gasteiger partial charge on any atom is -0.382 e. The molecule has 2 N–H and O–H groups in total. The summed E-state index contributed by atoms with van der Waals surface area (Å²) in [5.41, 5.74) is 0.775. The third kappa shape index (κ3) is 3.79. The van der Waals surface area contributed by atoms with Gasteiger partial charge in [0.2, 0.25) is 0 Å². The summed E-state index contributed by atoms with van der Waals surface area (Å²) in [4.78, 5) is 3.86. The van der Waals surface area contributed by atoms with Crippen molar-refractivity contribution in [3.05, 3.63) is 30.1 Å². The lowest BCUT2D eigenvalue weighted by Crippen LogP contribution is -2.39. The fourth-order valence-corrected chi connectivity index (χ4v) is 1.15. The van der Waals surface area contributed by atoms with Gasteiger partial charge in [-0.15, -0.1) is 0 Å². The van der Waals surface area contributed by atoms with Crippen molar-refractivity contribution in [3.8, 4) is 0 Å². The van der Waals surface area contributed by atoms with E-state index in [1.54, 1.807) is 31.5 Å². The number of alkyl halides is 3. The van der Waals surface area contributed by atoms with Crippen molar-refractivity contribution in [1.82, 2.24) is 10.3 Å². The summed E-state index contributed by atoms with van der Waals surface area (Å²) in [6, 6.07) is 3.17. The molecule has 1 aromatic rings. The Kier molecular flexibility index (Phi) is 4.26. The van der Waals surface area contributed by atoms with E-state index in [1.165, 1.54) is 0 Å². The van der Waals surface area contributed by atoms with Crippen LogP contribution in [0.25, 0.3) is 0 Å². The number of rotatable bonds is 4. The van der Waals surface area contributed by atoms with E-state index < -0.39 is 18.8 Å². The Morgan fingerprint density at radius 3 is 2.69 bits per heavy atom. The Hall–Kier alpha value is -1.14. The minimum absolute atomic E-state index is 0.286. The van der Waals surface area contributed by atoms with Crippen molar-refractivity contribution in [2.45, 2.75) is 25.2 Å². The molecule has 16 heavy (non-hydrogen) atoms. The molecule has 0 radical (unpaired) electrons. The summed E-state index contributed by atoms with van der Waals surface area (Å²) in [5.74, 6) is 0. The molecule has 90 valence electrons. The Morgan fingerprint density at radius 2 is 2.19 bits per heavy atom. The fraction of sp³-hybridized carbons (Fsp3) is 0.500. The van der Waals surface area contributed by atoms with Crippen molar-refractivity contribution in [2.24, 2.45) is 0 Å². The number of aliphatic hydroxyl groups is 1. The largest absolute Gasteiger partial charge is 0.415 e. The minimum atomic E-state index is -4.58. The number of hydrogen-bond acceptors (Lipinski definition) is 3. The lowest BCUT2D eigenvalue weighted by Gasteiger charge is -2.18. The van der Waals surface area contributed by atoms with E-state index in [4.69, 9.17) is 5.11 Å². The number of nitrogens with zero attached hydrogens (tertiary/aromatic N) is 1. The maximum atomic E-state index is 12.0. The van der Waals surface area contributed by atoms with Gasteiger partial charge in [-0.05, 0) is 18.6 Å². The van der Waals surface area contributed by atoms with Gasteiger partial charge in [0.05, 0.1) is 0 Å². The fourth-order valence-electron chi connectivity index (χ4n) is 1.15. The molecule has 3 nitrogen and oxygen atoms in total. The smallest absolute Gasteiger partial charge is 0.382 e. The molecular formula is C10H13F3N2O. The second-order valence-electron chi connectivity index (χ2n) is 3.47. The lowest BCUT2D eigenvalue weighted by molar-refractivity contribution is -0.202. The van der Waals surface area contributed by atoms with E-state index >= 15 is 0 Å². The Balaban J connectivity index is 2.45. The first-order valence-electron chi connectivity index (χ1n) is 4.79. The first-order chi connectivity index (χ1) is 7.41. The van der Waals surface area contributed by atoms with Gasteiger partial charge in [-0.1, -0.05) is 6.07 Å². The van der Waals surface area contributed by atoms with Crippen LogP contribution in [0.5, 0.6) is 0 Å². The van der Waals surface area contributed by atoms with Gasteiger partial charge in [0.25, 0.3) is 0 Å². The molecule has 0 bridgehead atoms. The molecule has 1 aromatic heterocycles. The van der Waals surface area contributed by atoms with Gasteiger partial charge in [0.15, 0.2) is 6.10 Å². The SMILES string of the molecule is C[C@H](NCC(O)C(F)(F)F)c1cccnc1. The van der Waals surface area contributed by atoms with E-state index in [9.17, 15) is 13.2 Å². The molecule has 1 rings (SSSR count). The topological polar surface area (TPSA) is 45.1 Å². The molecule has 0 aliphatic rings. The zero-order valence-electron chi connectivity index (χ0n) is 8.70. The maximum Gasteiger partial charge on any atom is 0.415 e. The van der Waals surface area contributed by atoms with Crippen LogP contribution in [-0.2, 0) is 0 Å². The molecule has 0 spiro atoms. The van der Waals surface area contributed by atoms with Crippen LogP contribution in [0.15, 0.2) is 24.5 Å². The molecule has 0 saturated carbocycles. The Bertz CT molecular complexity index is 316. The van der Waals surface area contributed by atoms with Crippen molar-refractivity contribution in [2.75, 3.05) is 6.54 Å². The average Bonchev–Trinajstić information content (AvgIpc) is 2.25. The lowest BCUT2D eigenvalue weighted by atomic mass is 10.1. The maximum absolute atomic E-state index is 12.0. The van der Waals surface area contributed by atoms with Gasteiger partial charge in [-0.2, -0.15) is 13.2 Å². The number of aromatic nitrogens is 1.